The van der Waals surface area contributed by atoms with Crippen LogP contribution in [-0.4, -0.2) is 14.2 Å². The molecule has 0 heterocycles. The van der Waals surface area contributed by atoms with Crippen LogP contribution in [0.2, 0.25) is 19.6 Å². The van der Waals surface area contributed by atoms with Crippen molar-refractivity contribution in [2.45, 2.75) is 39.6 Å². The van der Waals surface area contributed by atoms with Crippen molar-refractivity contribution in [1.29, 1.82) is 0 Å². The fraction of sp³-hybridized carbons (Fsp3) is 0.429. The van der Waals surface area contributed by atoms with Crippen LogP contribution in [0.1, 0.15) is 19.4 Å². The van der Waals surface area contributed by atoms with Crippen LogP contribution in [0.3, 0.4) is 0 Å². The Morgan fingerprint density at radius 3 is 2.31 bits per heavy atom. The second-order valence-electron chi connectivity index (χ2n) is 5.37. The summed E-state index contributed by atoms with van der Waals surface area (Å²) in [5.74, 6) is 0.937. The van der Waals surface area contributed by atoms with Gasteiger partial charge in [0.15, 0.2) is 0 Å². The van der Waals surface area contributed by atoms with Gasteiger partial charge in [0.25, 0.3) is 0 Å². The van der Waals surface area contributed by atoms with Gasteiger partial charge in [-0.2, -0.15) is 0 Å². The Hall–Kier alpha value is -1.02. The Labute approximate surface area is 100 Å². The van der Waals surface area contributed by atoms with Gasteiger partial charge in [-0.25, -0.2) is 0 Å². The molecule has 0 aliphatic rings. The first-order valence-electron chi connectivity index (χ1n) is 5.78. The molecule has 0 amide bonds. The van der Waals surface area contributed by atoms with Gasteiger partial charge in [0.2, 0.25) is 0 Å². The minimum Gasteiger partial charge on any atom is -0.490 e. The highest BCUT2D eigenvalue weighted by molar-refractivity contribution is 6.88. The van der Waals surface area contributed by atoms with Crippen molar-refractivity contribution in [3.05, 3.63) is 30.3 Å². The van der Waals surface area contributed by atoms with Crippen molar-refractivity contribution in [3.63, 3.8) is 0 Å². The van der Waals surface area contributed by atoms with E-state index in [1.807, 2.05) is 19.9 Å². The first kappa shape index (κ1) is 13.0. The van der Waals surface area contributed by atoms with E-state index < -0.39 is 8.07 Å². The molecule has 1 aromatic carbocycles. The predicted octanol–water partition coefficient (Wildman–Crippen LogP) is 3.66. The Morgan fingerprint density at radius 1 is 1.25 bits per heavy atom. The normalized spacial score (nSPS) is 11.6. The van der Waals surface area contributed by atoms with E-state index in [9.17, 15) is 0 Å². The van der Waals surface area contributed by atoms with Crippen molar-refractivity contribution in [2.75, 3.05) is 0 Å². The van der Waals surface area contributed by atoms with E-state index in [1.165, 1.54) is 5.19 Å². The van der Waals surface area contributed by atoms with Crippen LogP contribution in [0, 0.1) is 0 Å². The summed E-state index contributed by atoms with van der Waals surface area (Å²) in [4.78, 5) is 0. The molecule has 0 bridgehead atoms. The van der Waals surface area contributed by atoms with E-state index in [0.717, 1.165) is 11.3 Å². The number of benzene rings is 1. The Balaban J connectivity index is 3.12. The lowest BCUT2D eigenvalue weighted by molar-refractivity contribution is 0.242. The van der Waals surface area contributed by atoms with Gasteiger partial charge < -0.3 is 4.74 Å². The van der Waals surface area contributed by atoms with Crippen LogP contribution in [-0.2, 0) is 0 Å². The fourth-order valence-corrected chi connectivity index (χ4v) is 2.71. The lowest BCUT2D eigenvalue weighted by Gasteiger charge is -2.19. The summed E-state index contributed by atoms with van der Waals surface area (Å²) >= 11 is 0. The zero-order valence-electron chi connectivity index (χ0n) is 11.0. The van der Waals surface area contributed by atoms with Crippen LogP contribution in [0.4, 0.5) is 0 Å². The van der Waals surface area contributed by atoms with E-state index in [-0.39, 0.29) is 6.10 Å². The van der Waals surface area contributed by atoms with E-state index in [2.05, 4.69) is 44.4 Å². The zero-order chi connectivity index (χ0) is 12.3. The van der Waals surface area contributed by atoms with E-state index in [1.54, 1.807) is 0 Å². The molecule has 0 radical (unpaired) electrons. The number of rotatable bonds is 4. The standard InChI is InChI=1S/C14H22OSi/c1-7-12-10-13(16(4,5)6)8-9-14(12)15-11(2)3/h7-11H,1H2,2-6H3. The van der Waals surface area contributed by atoms with Crippen LogP contribution in [0.15, 0.2) is 24.8 Å². The molecule has 0 saturated carbocycles. The van der Waals surface area contributed by atoms with Crippen molar-refractivity contribution in [2.24, 2.45) is 0 Å². The molecule has 2 heteroatoms. The monoisotopic (exact) mass is 234 g/mol. The largest absolute Gasteiger partial charge is 0.490 e. The molecule has 1 aromatic rings. The average molecular weight is 234 g/mol. The number of hydrogen-bond donors (Lipinski definition) is 0. The molecule has 0 N–H and O–H groups in total. The van der Waals surface area contributed by atoms with Crippen LogP contribution in [0.25, 0.3) is 6.08 Å². The Morgan fingerprint density at radius 2 is 1.88 bits per heavy atom. The molecule has 0 spiro atoms. The van der Waals surface area contributed by atoms with E-state index in [4.69, 9.17) is 4.74 Å². The minimum absolute atomic E-state index is 0.205. The van der Waals surface area contributed by atoms with Crippen molar-refractivity contribution in [1.82, 2.24) is 0 Å². The topological polar surface area (TPSA) is 9.23 Å². The first-order valence-corrected chi connectivity index (χ1v) is 9.28. The molecule has 1 rings (SSSR count). The Bertz CT molecular complexity index is 375. The second kappa shape index (κ2) is 4.87. The summed E-state index contributed by atoms with van der Waals surface area (Å²) in [6, 6.07) is 6.48. The SMILES string of the molecule is C=Cc1cc([Si](C)(C)C)ccc1OC(C)C. The zero-order valence-corrected chi connectivity index (χ0v) is 12.0. The quantitative estimate of drug-likeness (QED) is 0.722. The molecule has 0 atom stereocenters. The van der Waals surface area contributed by atoms with Crippen LogP contribution >= 0.6 is 0 Å². The van der Waals surface area contributed by atoms with E-state index >= 15 is 0 Å². The lowest BCUT2D eigenvalue weighted by Crippen LogP contribution is -2.37. The molecule has 0 unspecified atom stereocenters. The van der Waals surface area contributed by atoms with Gasteiger partial charge in [0, 0.05) is 5.56 Å². The van der Waals surface area contributed by atoms with E-state index in [0.29, 0.717) is 0 Å². The van der Waals surface area contributed by atoms with Gasteiger partial charge in [-0.1, -0.05) is 49.6 Å². The fourth-order valence-electron chi connectivity index (χ4n) is 1.54. The molecule has 1 nitrogen and oxygen atoms in total. The highest BCUT2D eigenvalue weighted by atomic mass is 28.3. The van der Waals surface area contributed by atoms with Crippen molar-refractivity contribution in [3.8, 4) is 5.75 Å². The molecule has 0 fully saturated rings. The predicted molar refractivity (Wildman–Crippen MR) is 75.3 cm³/mol. The molecule has 0 aromatic heterocycles. The summed E-state index contributed by atoms with van der Waals surface area (Å²) < 4.78 is 5.75. The molecule has 88 valence electrons. The van der Waals surface area contributed by atoms with Gasteiger partial charge in [-0.05, 0) is 19.9 Å². The number of ether oxygens (including phenoxy) is 1. The van der Waals surface area contributed by atoms with Crippen LogP contribution in [0.5, 0.6) is 5.75 Å². The maximum Gasteiger partial charge on any atom is 0.126 e. The van der Waals surface area contributed by atoms with Gasteiger partial charge >= 0.3 is 0 Å². The smallest absolute Gasteiger partial charge is 0.126 e. The minimum atomic E-state index is -1.25. The lowest BCUT2D eigenvalue weighted by atomic mass is 10.2. The summed E-state index contributed by atoms with van der Waals surface area (Å²) in [6.45, 7) is 15.0. The summed E-state index contributed by atoms with van der Waals surface area (Å²) in [5, 5.41) is 1.44. The summed E-state index contributed by atoms with van der Waals surface area (Å²) in [7, 11) is -1.25. The molecular weight excluding hydrogens is 212 g/mol. The number of hydrogen-bond acceptors (Lipinski definition) is 1. The second-order valence-corrected chi connectivity index (χ2v) is 10.5. The molecule has 16 heavy (non-hydrogen) atoms. The van der Waals surface area contributed by atoms with Gasteiger partial charge in [0.05, 0.1) is 14.2 Å². The average Bonchev–Trinajstić information content (AvgIpc) is 2.15. The maximum atomic E-state index is 5.75. The third kappa shape index (κ3) is 3.24. The molecule has 0 aliphatic heterocycles. The van der Waals surface area contributed by atoms with Gasteiger partial charge in [0.1, 0.15) is 5.75 Å². The molecule has 0 saturated heterocycles. The van der Waals surface area contributed by atoms with Gasteiger partial charge in [-0.3, -0.25) is 0 Å². The highest BCUT2D eigenvalue weighted by Crippen LogP contribution is 2.20. The van der Waals surface area contributed by atoms with Gasteiger partial charge in [-0.15, -0.1) is 0 Å². The van der Waals surface area contributed by atoms with Crippen LogP contribution < -0.4 is 9.92 Å². The molecular formula is C14H22OSi. The Kier molecular flexibility index (Phi) is 3.97. The first-order chi connectivity index (χ1) is 7.34. The molecule has 0 aliphatic carbocycles. The summed E-state index contributed by atoms with van der Waals surface area (Å²) in [5.41, 5.74) is 1.11. The highest BCUT2D eigenvalue weighted by Gasteiger charge is 2.17. The maximum absolute atomic E-state index is 5.75. The third-order valence-electron chi connectivity index (χ3n) is 2.46. The van der Waals surface area contributed by atoms with Crippen molar-refractivity contribution >= 4 is 19.3 Å². The third-order valence-corrected chi connectivity index (χ3v) is 4.50. The van der Waals surface area contributed by atoms with Crippen molar-refractivity contribution < 1.29 is 4.74 Å². The summed E-state index contributed by atoms with van der Waals surface area (Å²) in [6.07, 6.45) is 2.08.